The second-order valence-electron chi connectivity index (χ2n) is 8.14. The third kappa shape index (κ3) is 7.00. The number of hydrogen-bond donors (Lipinski definition) is 0. The Morgan fingerprint density at radius 1 is 0.960 bits per heavy atom. The summed E-state index contributed by atoms with van der Waals surface area (Å²) in [4.78, 5) is 0. The fraction of sp³-hybridized carbons (Fsp3) is 0.680. The zero-order valence-electron chi connectivity index (χ0n) is 17.0. The minimum Gasteiger partial charge on any atom is -0.0804 e. The van der Waals surface area contributed by atoms with Crippen LogP contribution < -0.4 is 0 Å². The monoisotopic (exact) mass is 340 g/mol. The van der Waals surface area contributed by atoms with Crippen molar-refractivity contribution in [1.82, 2.24) is 0 Å². The van der Waals surface area contributed by atoms with E-state index in [1.807, 2.05) is 0 Å². The van der Waals surface area contributed by atoms with Gasteiger partial charge in [-0.3, -0.25) is 0 Å². The molecule has 2 rings (SSSR count). The number of unbranched alkanes of at least 4 members (excludes halogenated alkanes) is 3. The lowest BCUT2D eigenvalue weighted by atomic mass is 9.82. The molecule has 0 fully saturated rings. The van der Waals surface area contributed by atoms with Crippen LogP contribution in [0.4, 0.5) is 0 Å². The average Bonchev–Trinajstić information content (AvgIpc) is 2.67. The van der Waals surface area contributed by atoms with Crippen molar-refractivity contribution in [3.63, 3.8) is 0 Å². The first-order valence-electron chi connectivity index (χ1n) is 11.0. The highest BCUT2D eigenvalue weighted by atomic mass is 14.2. The molecule has 0 saturated heterocycles. The maximum Gasteiger partial charge on any atom is -0.0228 e. The molecule has 1 aliphatic rings. The number of benzene rings is 1. The van der Waals surface area contributed by atoms with E-state index in [-0.39, 0.29) is 0 Å². The molecule has 0 nitrogen and oxygen atoms in total. The van der Waals surface area contributed by atoms with Gasteiger partial charge in [0.25, 0.3) is 0 Å². The summed E-state index contributed by atoms with van der Waals surface area (Å²) in [5.74, 6) is 1.89. The molecule has 1 aliphatic carbocycles. The normalized spacial score (nSPS) is 17.8. The molecule has 25 heavy (non-hydrogen) atoms. The Labute approximate surface area is 157 Å². The van der Waals surface area contributed by atoms with Gasteiger partial charge < -0.3 is 0 Å². The molecule has 0 radical (unpaired) electrons. The molecule has 0 aliphatic heterocycles. The number of allylic oxidation sites excluding steroid dienone is 2. The Bertz CT molecular complexity index is 489. The highest BCUT2D eigenvalue weighted by Gasteiger charge is 2.16. The van der Waals surface area contributed by atoms with Crippen molar-refractivity contribution in [2.45, 2.75) is 97.8 Å². The number of hydrogen-bond acceptors (Lipinski definition) is 0. The molecule has 1 atom stereocenters. The summed E-state index contributed by atoms with van der Waals surface area (Å²) in [5, 5.41) is 0. The van der Waals surface area contributed by atoms with Gasteiger partial charge in [-0.15, -0.1) is 0 Å². The summed E-state index contributed by atoms with van der Waals surface area (Å²) in [6.45, 7) is 6.98. The van der Waals surface area contributed by atoms with Gasteiger partial charge in [-0.2, -0.15) is 0 Å². The van der Waals surface area contributed by atoms with Gasteiger partial charge in [0.15, 0.2) is 0 Å². The number of aryl methyl sites for hydroxylation is 1. The van der Waals surface area contributed by atoms with Crippen molar-refractivity contribution in [3.8, 4) is 0 Å². The van der Waals surface area contributed by atoms with E-state index >= 15 is 0 Å². The van der Waals surface area contributed by atoms with Crippen molar-refractivity contribution in [3.05, 3.63) is 41.5 Å². The first-order chi connectivity index (χ1) is 12.3. The molecule has 1 unspecified atom stereocenters. The predicted molar refractivity (Wildman–Crippen MR) is 113 cm³/mol. The lowest BCUT2D eigenvalue weighted by molar-refractivity contribution is 0.361. The summed E-state index contributed by atoms with van der Waals surface area (Å²) >= 11 is 0. The molecule has 0 spiro atoms. The van der Waals surface area contributed by atoms with Crippen molar-refractivity contribution in [1.29, 1.82) is 0 Å². The molecular formula is C25H40. The van der Waals surface area contributed by atoms with E-state index in [9.17, 15) is 0 Å². The van der Waals surface area contributed by atoms with Crippen LogP contribution in [0.2, 0.25) is 0 Å². The standard InChI is InChI=1S/C25H40/c1-4-7-8-9-10-22-13-17-24(18-14-22)25-19-15-23(16-20-25)12-11-21(5-2)6-3/h13-14,17-19,21,23H,4-12,15-16,20H2,1-3H3. The van der Waals surface area contributed by atoms with E-state index in [0.29, 0.717) is 0 Å². The molecular weight excluding hydrogens is 300 g/mol. The van der Waals surface area contributed by atoms with Crippen molar-refractivity contribution in [2.24, 2.45) is 11.8 Å². The fourth-order valence-electron chi connectivity index (χ4n) is 4.22. The fourth-order valence-corrected chi connectivity index (χ4v) is 4.22. The zero-order chi connectivity index (χ0) is 17.9. The highest BCUT2D eigenvalue weighted by molar-refractivity contribution is 5.66. The smallest absolute Gasteiger partial charge is 0.0228 e. The van der Waals surface area contributed by atoms with E-state index in [4.69, 9.17) is 0 Å². The predicted octanol–water partition coefficient (Wildman–Crippen LogP) is 8.21. The van der Waals surface area contributed by atoms with E-state index in [0.717, 1.165) is 11.8 Å². The van der Waals surface area contributed by atoms with Crippen LogP contribution in [0.1, 0.15) is 103 Å². The van der Waals surface area contributed by atoms with E-state index in [1.54, 1.807) is 5.57 Å². The Balaban J connectivity index is 1.78. The number of rotatable bonds is 11. The topological polar surface area (TPSA) is 0 Å². The third-order valence-corrected chi connectivity index (χ3v) is 6.30. The Morgan fingerprint density at radius 3 is 2.32 bits per heavy atom. The van der Waals surface area contributed by atoms with Crippen molar-refractivity contribution < 1.29 is 0 Å². The quantitative estimate of drug-likeness (QED) is 0.356. The summed E-state index contributed by atoms with van der Waals surface area (Å²) in [6, 6.07) is 9.46. The highest BCUT2D eigenvalue weighted by Crippen LogP contribution is 2.33. The summed E-state index contributed by atoms with van der Waals surface area (Å²) in [7, 11) is 0. The molecule has 140 valence electrons. The van der Waals surface area contributed by atoms with Crippen LogP contribution in [0.25, 0.3) is 5.57 Å². The van der Waals surface area contributed by atoms with E-state index in [2.05, 4.69) is 51.1 Å². The van der Waals surface area contributed by atoms with Gasteiger partial charge in [0.1, 0.15) is 0 Å². The Hall–Kier alpha value is -1.04. The molecule has 0 bridgehead atoms. The maximum atomic E-state index is 2.54. The second kappa shape index (κ2) is 11.6. The van der Waals surface area contributed by atoms with Crippen molar-refractivity contribution in [2.75, 3.05) is 0 Å². The van der Waals surface area contributed by atoms with Crippen LogP contribution in [0.15, 0.2) is 30.3 Å². The molecule has 0 N–H and O–H groups in total. The van der Waals surface area contributed by atoms with Crippen LogP contribution in [0.3, 0.4) is 0 Å². The third-order valence-electron chi connectivity index (χ3n) is 6.30. The maximum absolute atomic E-state index is 2.54. The van der Waals surface area contributed by atoms with Gasteiger partial charge in [0, 0.05) is 0 Å². The molecule has 0 aromatic heterocycles. The Morgan fingerprint density at radius 2 is 1.72 bits per heavy atom. The Kier molecular flexibility index (Phi) is 9.37. The van der Waals surface area contributed by atoms with Gasteiger partial charge in [0.2, 0.25) is 0 Å². The van der Waals surface area contributed by atoms with Gasteiger partial charge in [0.05, 0.1) is 0 Å². The van der Waals surface area contributed by atoms with Crippen molar-refractivity contribution >= 4 is 5.57 Å². The molecule has 0 saturated carbocycles. The van der Waals surface area contributed by atoms with Crippen LogP contribution >= 0.6 is 0 Å². The second-order valence-corrected chi connectivity index (χ2v) is 8.14. The lowest BCUT2D eigenvalue weighted by Crippen LogP contribution is -2.08. The minimum absolute atomic E-state index is 0.933. The summed E-state index contributed by atoms with van der Waals surface area (Å²) in [5.41, 5.74) is 4.58. The van der Waals surface area contributed by atoms with Crippen LogP contribution in [0, 0.1) is 11.8 Å². The van der Waals surface area contributed by atoms with Gasteiger partial charge in [-0.05, 0) is 67.1 Å². The summed E-state index contributed by atoms with van der Waals surface area (Å²) < 4.78 is 0. The molecule has 1 aromatic rings. The van der Waals surface area contributed by atoms with Crippen LogP contribution in [-0.4, -0.2) is 0 Å². The molecule has 0 heteroatoms. The summed E-state index contributed by atoms with van der Waals surface area (Å²) in [6.07, 6.45) is 18.8. The van der Waals surface area contributed by atoms with Gasteiger partial charge in [-0.25, -0.2) is 0 Å². The van der Waals surface area contributed by atoms with Gasteiger partial charge in [-0.1, -0.05) is 89.6 Å². The molecule has 0 heterocycles. The molecule has 1 aromatic carbocycles. The van der Waals surface area contributed by atoms with Crippen LogP contribution in [0.5, 0.6) is 0 Å². The minimum atomic E-state index is 0.933. The van der Waals surface area contributed by atoms with E-state index < -0.39 is 0 Å². The SMILES string of the molecule is CCCCCCc1ccc(C2=CCC(CCC(CC)CC)CC2)cc1. The lowest BCUT2D eigenvalue weighted by Gasteiger charge is -2.24. The van der Waals surface area contributed by atoms with Crippen LogP contribution in [-0.2, 0) is 6.42 Å². The zero-order valence-corrected chi connectivity index (χ0v) is 17.0. The van der Waals surface area contributed by atoms with E-state index in [1.165, 1.54) is 88.2 Å². The average molecular weight is 341 g/mol. The van der Waals surface area contributed by atoms with Gasteiger partial charge >= 0.3 is 0 Å². The first kappa shape index (κ1) is 20.3. The first-order valence-corrected chi connectivity index (χ1v) is 11.0. The molecule has 0 amide bonds. The largest absolute Gasteiger partial charge is 0.0804 e.